The van der Waals surface area contributed by atoms with E-state index in [4.69, 9.17) is 9.47 Å². The van der Waals surface area contributed by atoms with Gasteiger partial charge in [0.2, 0.25) is 0 Å². The van der Waals surface area contributed by atoms with E-state index in [-0.39, 0.29) is 5.91 Å². The number of methoxy groups -OCH3 is 2. The number of benzene rings is 1. The molecule has 1 aliphatic rings. The van der Waals surface area contributed by atoms with Gasteiger partial charge in [-0.2, -0.15) is 0 Å². The Morgan fingerprint density at radius 1 is 1.33 bits per heavy atom. The van der Waals surface area contributed by atoms with Crippen LogP contribution in [0.15, 0.2) is 18.2 Å². The lowest BCUT2D eigenvalue weighted by molar-refractivity contribution is 0.0941. The van der Waals surface area contributed by atoms with Gasteiger partial charge in [0.15, 0.2) is 11.5 Å². The van der Waals surface area contributed by atoms with Crippen LogP contribution in [0.3, 0.4) is 0 Å². The van der Waals surface area contributed by atoms with Gasteiger partial charge in [0.05, 0.1) is 14.2 Å². The van der Waals surface area contributed by atoms with Crippen molar-refractivity contribution in [1.82, 2.24) is 10.2 Å². The number of carbonyl (C=O) groups excluding carboxylic acids is 1. The largest absolute Gasteiger partial charge is 0.493 e. The van der Waals surface area contributed by atoms with Crippen LogP contribution >= 0.6 is 0 Å². The van der Waals surface area contributed by atoms with Crippen molar-refractivity contribution >= 4 is 5.91 Å². The summed E-state index contributed by atoms with van der Waals surface area (Å²) in [5.41, 5.74) is 0.591. The second-order valence-corrected chi connectivity index (χ2v) is 5.20. The molecule has 2 rings (SSSR count). The number of likely N-dealkylation sites (tertiary alicyclic amines) is 1. The number of nitrogens with zero attached hydrogens (tertiary/aromatic N) is 1. The van der Waals surface area contributed by atoms with Gasteiger partial charge in [0, 0.05) is 18.2 Å². The number of rotatable bonds is 6. The van der Waals surface area contributed by atoms with Crippen molar-refractivity contribution in [3.05, 3.63) is 23.8 Å². The number of ether oxygens (including phenoxy) is 2. The van der Waals surface area contributed by atoms with Gasteiger partial charge in [0.1, 0.15) is 0 Å². The predicted molar refractivity (Wildman–Crippen MR) is 82.1 cm³/mol. The Hall–Kier alpha value is -1.75. The van der Waals surface area contributed by atoms with E-state index >= 15 is 0 Å². The molecule has 0 radical (unpaired) electrons. The van der Waals surface area contributed by atoms with Gasteiger partial charge in [0.25, 0.3) is 5.91 Å². The van der Waals surface area contributed by atoms with Crippen LogP contribution in [0.25, 0.3) is 0 Å². The SMILES string of the molecule is CCN1CCC[C@H]1CNC(=O)c1ccc(OC)c(OC)c1. The monoisotopic (exact) mass is 292 g/mol. The number of hydrogen-bond donors (Lipinski definition) is 1. The minimum atomic E-state index is -0.0705. The molecule has 1 heterocycles. The lowest BCUT2D eigenvalue weighted by atomic mass is 10.1. The number of hydrogen-bond acceptors (Lipinski definition) is 4. The van der Waals surface area contributed by atoms with Crippen LogP contribution in [-0.2, 0) is 0 Å². The van der Waals surface area contributed by atoms with E-state index in [1.54, 1.807) is 32.4 Å². The van der Waals surface area contributed by atoms with Crippen LogP contribution in [0.2, 0.25) is 0 Å². The molecule has 21 heavy (non-hydrogen) atoms. The molecular weight excluding hydrogens is 268 g/mol. The molecule has 0 saturated carbocycles. The maximum atomic E-state index is 12.2. The van der Waals surface area contributed by atoms with Crippen molar-refractivity contribution < 1.29 is 14.3 Å². The van der Waals surface area contributed by atoms with Gasteiger partial charge < -0.3 is 14.8 Å². The highest BCUT2D eigenvalue weighted by atomic mass is 16.5. The molecule has 0 unspecified atom stereocenters. The summed E-state index contributed by atoms with van der Waals surface area (Å²) < 4.78 is 10.4. The van der Waals surface area contributed by atoms with Crippen molar-refractivity contribution in [2.45, 2.75) is 25.8 Å². The highest BCUT2D eigenvalue weighted by Crippen LogP contribution is 2.27. The lowest BCUT2D eigenvalue weighted by Crippen LogP contribution is -2.40. The van der Waals surface area contributed by atoms with E-state index < -0.39 is 0 Å². The van der Waals surface area contributed by atoms with E-state index in [0.29, 0.717) is 29.6 Å². The predicted octanol–water partition coefficient (Wildman–Crippen LogP) is 1.92. The molecule has 0 aliphatic carbocycles. The molecule has 116 valence electrons. The molecular formula is C16H24N2O3. The first-order valence-corrected chi connectivity index (χ1v) is 7.43. The minimum Gasteiger partial charge on any atom is -0.493 e. The highest BCUT2D eigenvalue weighted by Gasteiger charge is 2.23. The minimum absolute atomic E-state index is 0.0705. The van der Waals surface area contributed by atoms with E-state index in [1.165, 1.54) is 6.42 Å². The van der Waals surface area contributed by atoms with Gasteiger partial charge >= 0.3 is 0 Å². The number of nitrogens with one attached hydrogen (secondary N) is 1. The van der Waals surface area contributed by atoms with E-state index in [9.17, 15) is 4.79 Å². The Labute approximate surface area is 126 Å². The molecule has 1 aromatic rings. The molecule has 1 saturated heterocycles. The van der Waals surface area contributed by atoms with Crippen molar-refractivity contribution in [3.63, 3.8) is 0 Å². The van der Waals surface area contributed by atoms with Gasteiger partial charge in [-0.25, -0.2) is 0 Å². The fourth-order valence-corrected chi connectivity index (χ4v) is 2.83. The number of likely N-dealkylation sites (N-methyl/N-ethyl adjacent to an activating group) is 1. The van der Waals surface area contributed by atoms with Gasteiger partial charge in [-0.15, -0.1) is 0 Å². The van der Waals surface area contributed by atoms with Crippen LogP contribution in [0.5, 0.6) is 11.5 Å². The Morgan fingerprint density at radius 2 is 2.10 bits per heavy atom. The molecule has 1 N–H and O–H groups in total. The van der Waals surface area contributed by atoms with Gasteiger partial charge in [-0.3, -0.25) is 9.69 Å². The quantitative estimate of drug-likeness (QED) is 0.870. The zero-order chi connectivity index (χ0) is 15.2. The summed E-state index contributed by atoms with van der Waals surface area (Å²) in [7, 11) is 3.15. The summed E-state index contributed by atoms with van der Waals surface area (Å²) >= 11 is 0. The molecule has 1 amide bonds. The van der Waals surface area contributed by atoms with Crippen molar-refractivity contribution in [2.75, 3.05) is 33.9 Å². The first kappa shape index (κ1) is 15.6. The average Bonchev–Trinajstić information content (AvgIpc) is 2.99. The Balaban J connectivity index is 1.97. The Morgan fingerprint density at radius 3 is 2.76 bits per heavy atom. The second kappa shape index (κ2) is 7.31. The summed E-state index contributed by atoms with van der Waals surface area (Å²) in [6.07, 6.45) is 2.37. The molecule has 0 bridgehead atoms. The fourth-order valence-electron chi connectivity index (χ4n) is 2.83. The maximum absolute atomic E-state index is 12.2. The topological polar surface area (TPSA) is 50.8 Å². The van der Waals surface area contributed by atoms with E-state index in [1.807, 2.05) is 0 Å². The van der Waals surface area contributed by atoms with E-state index in [0.717, 1.165) is 19.5 Å². The maximum Gasteiger partial charge on any atom is 0.251 e. The summed E-state index contributed by atoms with van der Waals surface area (Å²) in [4.78, 5) is 14.6. The standard InChI is InChI=1S/C16H24N2O3/c1-4-18-9-5-6-13(18)11-17-16(19)12-7-8-14(20-2)15(10-12)21-3/h7-8,10,13H,4-6,9,11H2,1-3H3,(H,17,19)/t13-/m0/s1. The molecule has 0 spiro atoms. The van der Waals surface area contributed by atoms with Crippen molar-refractivity contribution in [2.24, 2.45) is 0 Å². The highest BCUT2D eigenvalue weighted by molar-refractivity contribution is 5.94. The number of amides is 1. The molecule has 1 atom stereocenters. The molecule has 1 fully saturated rings. The molecule has 5 heteroatoms. The van der Waals surface area contributed by atoms with Crippen LogP contribution in [-0.4, -0.2) is 50.7 Å². The van der Waals surface area contributed by atoms with Gasteiger partial charge in [-0.05, 0) is 44.1 Å². The van der Waals surface area contributed by atoms with E-state index in [2.05, 4.69) is 17.1 Å². The lowest BCUT2D eigenvalue weighted by Gasteiger charge is -2.22. The molecule has 1 aliphatic heterocycles. The first-order chi connectivity index (χ1) is 10.2. The van der Waals surface area contributed by atoms with Crippen LogP contribution < -0.4 is 14.8 Å². The van der Waals surface area contributed by atoms with Gasteiger partial charge in [-0.1, -0.05) is 6.92 Å². The van der Waals surface area contributed by atoms with Crippen LogP contribution in [0.1, 0.15) is 30.1 Å². The first-order valence-electron chi connectivity index (χ1n) is 7.43. The Kier molecular flexibility index (Phi) is 5.44. The second-order valence-electron chi connectivity index (χ2n) is 5.20. The summed E-state index contributed by atoms with van der Waals surface area (Å²) in [6.45, 7) is 5.03. The summed E-state index contributed by atoms with van der Waals surface area (Å²) in [5, 5.41) is 3.02. The fraction of sp³-hybridized carbons (Fsp3) is 0.562. The van der Waals surface area contributed by atoms with Crippen LogP contribution in [0, 0.1) is 0 Å². The molecule has 0 aromatic heterocycles. The van der Waals surface area contributed by atoms with Crippen molar-refractivity contribution in [1.29, 1.82) is 0 Å². The Bertz CT molecular complexity index is 490. The normalized spacial score (nSPS) is 18.5. The number of carbonyl (C=O) groups is 1. The molecule has 5 nitrogen and oxygen atoms in total. The van der Waals surface area contributed by atoms with Crippen LogP contribution in [0.4, 0.5) is 0 Å². The van der Waals surface area contributed by atoms with Crippen molar-refractivity contribution in [3.8, 4) is 11.5 Å². The third kappa shape index (κ3) is 3.67. The smallest absolute Gasteiger partial charge is 0.251 e. The average molecular weight is 292 g/mol. The summed E-state index contributed by atoms with van der Waals surface area (Å²) in [5.74, 6) is 1.13. The third-order valence-corrected chi connectivity index (χ3v) is 4.05. The zero-order valence-electron chi connectivity index (χ0n) is 13.0. The third-order valence-electron chi connectivity index (χ3n) is 4.05. The molecule has 1 aromatic carbocycles. The zero-order valence-corrected chi connectivity index (χ0v) is 13.0. The summed E-state index contributed by atoms with van der Waals surface area (Å²) in [6, 6.07) is 5.67.